The molecule has 2 N–H and O–H groups in total. The molecule has 0 unspecified atom stereocenters. The number of nitrogens with zero attached hydrogens (tertiary/aromatic N) is 1. The van der Waals surface area contributed by atoms with Gasteiger partial charge in [0.25, 0.3) is 0 Å². The monoisotopic (exact) mass is 268 g/mol. The summed E-state index contributed by atoms with van der Waals surface area (Å²) in [6.07, 6.45) is 0. The van der Waals surface area contributed by atoms with Crippen LogP contribution in [0.15, 0.2) is 36.4 Å². The van der Waals surface area contributed by atoms with Crippen LogP contribution in [0.5, 0.6) is 11.5 Å². The molecule has 0 bridgehead atoms. The predicted octanol–water partition coefficient (Wildman–Crippen LogP) is 3.04. The SMILES string of the molecule is COc1cc(C#N)cc(N)c1OCc1cccc(C)c1. The Morgan fingerprint density at radius 2 is 2.05 bits per heavy atom. The minimum Gasteiger partial charge on any atom is -0.493 e. The van der Waals surface area contributed by atoms with Gasteiger partial charge in [-0.3, -0.25) is 0 Å². The van der Waals surface area contributed by atoms with Crippen molar-refractivity contribution in [3.05, 3.63) is 53.1 Å². The summed E-state index contributed by atoms with van der Waals surface area (Å²) in [6, 6.07) is 13.3. The second kappa shape index (κ2) is 5.98. The van der Waals surface area contributed by atoms with Crippen molar-refractivity contribution in [2.75, 3.05) is 12.8 Å². The lowest BCUT2D eigenvalue weighted by molar-refractivity contribution is 0.286. The molecule has 0 heterocycles. The van der Waals surface area contributed by atoms with E-state index in [9.17, 15) is 0 Å². The normalized spacial score (nSPS) is 9.85. The Balaban J connectivity index is 2.23. The highest BCUT2D eigenvalue weighted by Gasteiger charge is 2.11. The maximum Gasteiger partial charge on any atom is 0.184 e. The number of aryl methyl sites for hydroxylation is 1. The first-order valence-corrected chi connectivity index (χ1v) is 6.20. The molecule has 0 saturated heterocycles. The van der Waals surface area contributed by atoms with Crippen molar-refractivity contribution in [1.29, 1.82) is 5.26 Å². The largest absolute Gasteiger partial charge is 0.493 e. The van der Waals surface area contributed by atoms with E-state index in [0.717, 1.165) is 5.56 Å². The van der Waals surface area contributed by atoms with Gasteiger partial charge in [-0.15, -0.1) is 0 Å². The second-order valence-electron chi connectivity index (χ2n) is 4.49. The van der Waals surface area contributed by atoms with Crippen LogP contribution < -0.4 is 15.2 Å². The average molecular weight is 268 g/mol. The number of hydrogen-bond donors (Lipinski definition) is 1. The van der Waals surface area contributed by atoms with Crippen LogP contribution in [0.3, 0.4) is 0 Å². The first kappa shape index (κ1) is 13.8. The molecule has 2 aromatic carbocycles. The molecule has 0 aromatic heterocycles. The number of benzene rings is 2. The molecular weight excluding hydrogens is 252 g/mol. The number of methoxy groups -OCH3 is 1. The molecule has 0 atom stereocenters. The van der Waals surface area contributed by atoms with Crippen LogP contribution in [-0.4, -0.2) is 7.11 Å². The number of anilines is 1. The molecule has 0 fully saturated rings. The van der Waals surface area contributed by atoms with Gasteiger partial charge >= 0.3 is 0 Å². The summed E-state index contributed by atoms with van der Waals surface area (Å²) in [5, 5.41) is 8.91. The van der Waals surface area contributed by atoms with Gasteiger partial charge in [-0.25, -0.2) is 0 Å². The van der Waals surface area contributed by atoms with Crippen molar-refractivity contribution in [3.63, 3.8) is 0 Å². The molecule has 20 heavy (non-hydrogen) atoms. The van der Waals surface area contributed by atoms with Crippen LogP contribution in [-0.2, 0) is 6.61 Å². The topological polar surface area (TPSA) is 68.3 Å². The minimum atomic E-state index is 0.397. The van der Waals surface area contributed by atoms with Gasteiger partial charge in [-0.05, 0) is 18.6 Å². The molecule has 2 rings (SSSR count). The molecule has 2 aromatic rings. The number of rotatable bonds is 4. The molecule has 0 aliphatic rings. The maximum atomic E-state index is 8.91. The first-order valence-electron chi connectivity index (χ1n) is 6.20. The zero-order valence-corrected chi connectivity index (χ0v) is 11.5. The van der Waals surface area contributed by atoms with E-state index >= 15 is 0 Å². The molecule has 0 aliphatic heterocycles. The van der Waals surface area contributed by atoms with Crippen LogP contribution in [0.4, 0.5) is 5.69 Å². The summed E-state index contributed by atoms with van der Waals surface area (Å²) in [6.45, 7) is 2.42. The fourth-order valence-electron chi connectivity index (χ4n) is 1.95. The number of hydrogen-bond acceptors (Lipinski definition) is 4. The van der Waals surface area contributed by atoms with Crippen molar-refractivity contribution in [3.8, 4) is 17.6 Å². The molecule has 0 spiro atoms. The van der Waals surface area contributed by atoms with E-state index in [4.69, 9.17) is 20.5 Å². The van der Waals surface area contributed by atoms with E-state index in [1.165, 1.54) is 12.7 Å². The third kappa shape index (κ3) is 3.01. The van der Waals surface area contributed by atoms with Crippen molar-refractivity contribution < 1.29 is 9.47 Å². The van der Waals surface area contributed by atoms with Gasteiger partial charge in [0.05, 0.1) is 24.4 Å². The summed E-state index contributed by atoms with van der Waals surface area (Å²) < 4.78 is 11.0. The highest BCUT2D eigenvalue weighted by atomic mass is 16.5. The lowest BCUT2D eigenvalue weighted by Crippen LogP contribution is -2.02. The van der Waals surface area contributed by atoms with Crippen molar-refractivity contribution in [2.45, 2.75) is 13.5 Å². The number of ether oxygens (including phenoxy) is 2. The van der Waals surface area contributed by atoms with Gasteiger partial charge in [0, 0.05) is 6.07 Å². The van der Waals surface area contributed by atoms with E-state index in [-0.39, 0.29) is 0 Å². The molecule has 4 nitrogen and oxygen atoms in total. The van der Waals surface area contributed by atoms with Crippen LogP contribution >= 0.6 is 0 Å². The highest BCUT2D eigenvalue weighted by Crippen LogP contribution is 2.35. The maximum absolute atomic E-state index is 8.91. The first-order chi connectivity index (χ1) is 9.63. The Bertz CT molecular complexity index is 660. The van der Waals surface area contributed by atoms with Gasteiger partial charge in [0.15, 0.2) is 11.5 Å². The molecular formula is C16H16N2O2. The third-order valence-corrected chi connectivity index (χ3v) is 2.90. The zero-order chi connectivity index (χ0) is 14.5. The van der Waals surface area contributed by atoms with E-state index in [0.29, 0.717) is 29.4 Å². The second-order valence-corrected chi connectivity index (χ2v) is 4.49. The van der Waals surface area contributed by atoms with Crippen LogP contribution in [0, 0.1) is 18.3 Å². The Labute approximate surface area is 118 Å². The predicted molar refractivity (Wildman–Crippen MR) is 77.6 cm³/mol. The number of nitrogen functional groups attached to an aromatic ring is 1. The average Bonchev–Trinajstić information content (AvgIpc) is 2.45. The molecule has 0 aliphatic carbocycles. The van der Waals surface area contributed by atoms with Crippen molar-refractivity contribution >= 4 is 5.69 Å². The molecule has 0 amide bonds. The standard InChI is InChI=1S/C16H16N2O2/c1-11-4-3-5-12(6-11)10-20-16-14(18)7-13(9-17)8-15(16)19-2/h3-8H,10,18H2,1-2H3. The molecule has 0 saturated carbocycles. The van der Waals surface area contributed by atoms with Crippen LogP contribution in [0.1, 0.15) is 16.7 Å². The lowest BCUT2D eigenvalue weighted by atomic mass is 10.1. The Hall–Kier alpha value is -2.67. The summed E-state index contributed by atoms with van der Waals surface area (Å²) in [7, 11) is 1.52. The zero-order valence-electron chi connectivity index (χ0n) is 11.5. The molecule has 102 valence electrons. The van der Waals surface area contributed by atoms with Gasteiger partial charge in [-0.1, -0.05) is 29.8 Å². The molecule has 4 heteroatoms. The Morgan fingerprint density at radius 1 is 1.25 bits per heavy atom. The van der Waals surface area contributed by atoms with E-state index in [2.05, 4.69) is 0 Å². The van der Waals surface area contributed by atoms with Gasteiger partial charge in [0.2, 0.25) is 0 Å². The Morgan fingerprint density at radius 3 is 2.70 bits per heavy atom. The summed E-state index contributed by atoms with van der Waals surface area (Å²) in [5.74, 6) is 0.933. The molecule has 0 radical (unpaired) electrons. The van der Waals surface area contributed by atoms with Gasteiger partial charge < -0.3 is 15.2 Å². The third-order valence-electron chi connectivity index (χ3n) is 2.90. The van der Waals surface area contributed by atoms with Crippen LogP contribution in [0.25, 0.3) is 0 Å². The summed E-state index contributed by atoms with van der Waals surface area (Å²) in [5.41, 5.74) is 8.98. The summed E-state index contributed by atoms with van der Waals surface area (Å²) in [4.78, 5) is 0. The fraction of sp³-hybridized carbons (Fsp3) is 0.188. The van der Waals surface area contributed by atoms with E-state index in [1.54, 1.807) is 12.1 Å². The van der Waals surface area contributed by atoms with Gasteiger partial charge in [-0.2, -0.15) is 5.26 Å². The Kier molecular flexibility index (Phi) is 4.11. The van der Waals surface area contributed by atoms with Crippen molar-refractivity contribution in [1.82, 2.24) is 0 Å². The van der Waals surface area contributed by atoms with Crippen molar-refractivity contribution in [2.24, 2.45) is 0 Å². The van der Waals surface area contributed by atoms with E-state index in [1.807, 2.05) is 37.3 Å². The fourth-order valence-corrected chi connectivity index (χ4v) is 1.95. The van der Waals surface area contributed by atoms with E-state index < -0.39 is 0 Å². The smallest absolute Gasteiger partial charge is 0.184 e. The quantitative estimate of drug-likeness (QED) is 0.865. The van der Waals surface area contributed by atoms with Gasteiger partial charge in [0.1, 0.15) is 6.61 Å². The highest BCUT2D eigenvalue weighted by molar-refractivity contribution is 5.64. The number of nitriles is 1. The minimum absolute atomic E-state index is 0.397. The lowest BCUT2D eigenvalue weighted by Gasteiger charge is -2.13. The van der Waals surface area contributed by atoms with Crippen LogP contribution in [0.2, 0.25) is 0 Å². The number of nitrogens with two attached hydrogens (primary N) is 1. The summed E-state index contributed by atoms with van der Waals surface area (Å²) >= 11 is 0.